The Labute approximate surface area is 152 Å². The summed E-state index contributed by atoms with van der Waals surface area (Å²) in [4.78, 5) is 28.3. The van der Waals surface area contributed by atoms with Crippen molar-refractivity contribution in [2.75, 3.05) is 20.3 Å². The van der Waals surface area contributed by atoms with Gasteiger partial charge >= 0.3 is 5.69 Å². The van der Waals surface area contributed by atoms with Crippen molar-refractivity contribution < 1.29 is 14.3 Å². The number of aryl methyl sites for hydroxylation is 2. The standard InChI is InChI=1S/C19H23N3O4/c1-12-9-13(2)22(19(24)21-12)8-7-20-18(23)15-10-14-5-4-6-16(25-3)17(14)26-11-15/h4-6,9,15H,7-8,10-11H2,1-3H3,(H,20,23). The Balaban J connectivity index is 1.59. The van der Waals surface area contributed by atoms with Gasteiger partial charge in [0.05, 0.1) is 13.0 Å². The van der Waals surface area contributed by atoms with Crippen LogP contribution in [0.2, 0.25) is 0 Å². The fourth-order valence-electron chi connectivity index (χ4n) is 3.21. The minimum Gasteiger partial charge on any atom is -0.493 e. The van der Waals surface area contributed by atoms with Gasteiger partial charge in [-0.3, -0.25) is 9.36 Å². The number of para-hydroxylation sites is 1. The Hall–Kier alpha value is -2.83. The highest BCUT2D eigenvalue weighted by Crippen LogP contribution is 2.35. The van der Waals surface area contributed by atoms with E-state index in [1.54, 1.807) is 18.6 Å². The van der Waals surface area contributed by atoms with Crippen molar-refractivity contribution >= 4 is 5.91 Å². The van der Waals surface area contributed by atoms with Crippen LogP contribution in [0, 0.1) is 19.8 Å². The summed E-state index contributed by atoms with van der Waals surface area (Å²) < 4.78 is 12.6. The maximum atomic E-state index is 12.5. The van der Waals surface area contributed by atoms with Crippen LogP contribution in [0.1, 0.15) is 17.0 Å². The molecule has 138 valence electrons. The highest BCUT2D eigenvalue weighted by Gasteiger charge is 2.27. The zero-order valence-electron chi connectivity index (χ0n) is 15.2. The topological polar surface area (TPSA) is 82.4 Å². The SMILES string of the molecule is COc1cccc2c1OCC(C(=O)NCCn1c(C)cc(C)nc1=O)C2. The van der Waals surface area contributed by atoms with Gasteiger partial charge in [0.1, 0.15) is 6.61 Å². The molecular weight excluding hydrogens is 334 g/mol. The third-order valence-corrected chi connectivity index (χ3v) is 4.53. The van der Waals surface area contributed by atoms with Crippen LogP contribution in [-0.2, 0) is 17.8 Å². The molecule has 7 heteroatoms. The van der Waals surface area contributed by atoms with E-state index < -0.39 is 0 Å². The molecule has 1 aliphatic heterocycles. The van der Waals surface area contributed by atoms with Gasteiger partial charge in [-0.25, -0.2) is 4.79 Å². The van der Waals surface area contributed by atoms with Crippen molar-refractivity contribution in [3.8, 4) is 11.5 Å². The smallest absolute Gasteiger partial charge is 0.348 e. The number of ether oxygens (including phenoxy) is 2. The third kappa shape index (κ3) is 3.71. The number of amides is 1. The minimum absolute atomic E-state index is 0.0794. The summed E-state index contributed by atoms with van der Waals surface area (Å²) in [5, 5.41) is 2.89. The number of hydrogen-bond donors (Lipinski definition) is 1. The van der Waals surface area contributed by atoms with Crippen molar-refractivity contribution in [1.29, 1.82) is 0 Å². The number of aromatic nitrogens is 2. The van der Waals surface area contributed by atoms with Gasteiger partial charge < -0.3 is 14.8 Å². The van der Waals surface area contributed by atoms with E-state index in [9.17, 15) is 9.59 Å². The van der Waals surface area contributed by atoms with Crippen molar-refractivity contribution in [2.24, 2.45) is 5.92 Å². The largest absolute Gasteiger partial charge is 0.493 e. The molecule has 7 nitrogen and oxygen atoms in total. The van der Waals surface area contributed by atoms with Gasteiger partial charge in [-0.1, -0.05) is 12.1 Å². The first-order valence-electron chi connectivity index (χ1n) is 8.61. The monoisotopic (exact) mass is 357 g/mol. The van der Waals surface area contributed by atoms with Crippen molar-refractivity contribution in [2.45, 2.75) is 26.8 Å². The average molecular weight is 357 g/mol. The number of benzene rings is 1. The molecule has 2 aromatic rings. The molecule has 1 aromatic heterocycles. The molecule has 2 heterocycles. The van der Waals surface area contributed by atoms with Gasteiger partial charge in [0.2, 0.25) is 5.91 Å². The number of carbonyl (C=O) groups excluding carboxylic acids is 1. The molecule has 1 unspecified atom stereocenters. The first-order valence-corrected chi connectivity index (χ1v) is 8.61. The second kappa shape index (κ2) is 7.59. The predicted molar refractivity (Wildman–Crippen MR) is 96.7 cm³/mol. The maximum absolute atomic E-state index is 12.5. The molecule has 1 N–H and O–H groups in total. The number of fused-ring (bicyclic) bond motifs is 1. The average Bonchev–Trinajstić information content (AvgIpc) is 2.62. The van der Waals surface area contributed by atoms with Gasteiger partial charge in [-0.05, 0) is 38.0 Å². The second-order valence-corrected chi connectivity index (χ2v) is 6.42. The molecule has 1 aromatic carbocycles. The molecule has 0 saturated heterocycles. The molecule has 0 radical (unpaired) electrons. The van der Waals surface area contributed by atoms with Gasteiger partial charge in [0, 0.05) is 24.5 Å². The summed E-state index contributed by atoms with van der Waals surface area (Å²) >= 11 is 0. The van der Waals surface area contributed by atoms with E-state index >= 15 is 0 Å². The number of carbonyl (C=O) groups is 1. The zero-order chi connectivity index (χ0) is 18.7. The van der Waals surface area contributed by atoms with Crippen LogP contribution >= 0.6 is 0 Å². The van der Waals surface area contributed by atoms with E-state index in [1.807, 2.05) is 31.2 Å². The Kier molecular flexibility index (Phi) is 5.25. The van der Waals surface area contributed by atoms with Gasteiger partial charge in [-0.2, -0.15) is 4.98 Å². The lowest BCUT2D eigenvalue weighted by molar-refractivity contribution is -0.126. The van der Waals surface area contributed by atoms with Crippen molar-refractivity contribution in [1.82, 2.24) is 14.9 Å². The molecule has 0 fully saturated rings. The minimum atomic E-state index is -0.293. The predicted octanol–water partition coefficient (Wildman–Crippen LogP) is 1.24. The van der Waals surface area contributed by atoms with Crippen LogP contribution in [0.5, 0.6) is 11.5 Å². The van der Waals surface area contributed by atoms with Gasteiger partial charge in [0.15, 0.2) is 11.5 Å². The third-order valence-electron chi connectivity index (χ3n) is 4.53. The lowest BCUT2D eigenvalue weighted by atomic mass is 9.95. The molecule has 0 saturated carbocycles. The van der Waals surface area contributed by atoms with Gasteiger partial charge in [-0.15, -0.1) is 0 Å². The highest BCUT2D eigenvalue weighted by atomic mass is 16.5. The van der Waals surface area contributed by atoms with Crippen LogP contribution in [-0.4, -0.2) is 35.7 Å². The summed E-state index contributed by atoms with van der Waals surface area (Å²) in [6, 6.07) is 7.52. The molecule has 0 spiro atoms. The van der Waals surface area contributed by atoms with Crippen LogP contribution in [0.15, 0.2) is 29.1 Å². The van der Waals surface area contributed by atoms with Crippen molar-refractivity contribution in [3.63, 3.8) is 0 Å². The first-order chi connectivity index (χ1) is 12.5. The zero-order valence-corrected chi connectivity index (χ0v) is 15.2. The van der Waals surface area contributed by atoms with E-state index in [-0.39, 0.29) is 17.5 Å². The number of nitrogens with zero attached hydrogens (tertiary/aromatic N) is 2. The van der Waals surface area contributed by atoms with Crippen LogP contribution < -0.4 is 20.5 Å². The lowest BCUT2D eigenvalue weighted by Gasteiger charge is -2.25. The number of nitrogens with one attached hydrogen (secondary N) is 1. The molecule has 3 rings (SSSR count). The van der Waals surface area contributed by atoms with Crippen LogP contribution in [0.3, 0.4) is 0 Å². The number of methoxy groups -OCH3 is 1. The number of rotatable bonds is 5. The Bertz CT molecular complexity index is 876. The molecule has 0 aliphatic carbocycles. The fraction of sp³-hybridized carbons (Fsp3) is 0.421. The van der Waals surface area contributed by atoms with E-state index in [2.05, 4.69) is 10.3 Å². The second-order valence-electron chi connectivity index (χ2n) is 6.42. The Morgan fingerprint density at radius 1 is 1.42 bits per heavy atom. The quantitative estimate of drug-likeness (QED) is 0.870. The molecule has 26 heavy (non-hydrogen) atoms. The molecule has 1 amide bonds. The molecular formula is C19H23N3O4. The van der Waals surface area contributed by atoms with Crippen LogP contribution in [0.25, 0.3) is 0 Å². The van der Waals surface area contributed by atoms with Crippen LogP contribution in [0.4, 0.5) is 0 Å². The summed E-state index contributed by atoms with van der Waals surface area (Å²) in [5.74, 6) is 1.06. The molecule has 0 bridgehead atoms. The maximum Gasteiger partial charge on any atom is 0.348 e. The van der Waals surface area contributed by atoms with E-state index in [0.717, 1.165) is 11.3 Å². The Morgan fingerprint density at radius 3 is 2.96 bits per heavy atom. The van der Waals surface area contributed by atoms with Gasteiger partial charge in [0.25, 0.3) is 0 Å². The molecule has 1 atom stereocenters. The highest BCUT2D eigenvalue weighted by molar-refractivity contribution is 5.79. The van der Waals surface area contributed by atoms with E-state index in [1.165, 1.54) is 0 Å². The van der Waals surface area contributed by atoms with Crippen molar-refractivity contribution in [3.05, 3.63) is 51.7 Å². The Morgan fingerprint density at radius 2 is 2.23 bits per heavy atom. The normalized spacial score (nSPS) is 15.7. The fourth-order valence-corrected chi connectivity index (χ4v) is 3.21. The summed E-state index contributed by atoms with van der Waals surface area (Å²) in [7, 11) is 1.60. The summed E-state index contributed by atoms with van der Waals surface area (Å²) in [5.41, 5.74) is 2.20. The van der Waals surface area contributed by atoms with E-state index in [0.29, 0.717) is 43.3 Å². The summed E-state index contributed by atoms with van der Waals surface area (Å²) in [6.45, 7) is 4.71. The van der Waals surface area contributed by atoms with E-state index in [4.69, 9.17) is 9.47 Å². The first kappa shape index (κ1) is 18.0. The number of hydrogen-bond acceptors (Lipinski definition) is 5. The summed E-state index contributed by atoms with van der Waals surface area (Å²) in [6.07, 6.45) is 0.601. The molecule has 1 aliphatic rings. The lowest BCUT2D eigenvalue weighted by Crippen LogP contribution is -2.40.